The number of nitrogens with one attached hydrogen (secondary N) is 4. The Hall–Kier alpha value is -4.77. The molecule has 0 aliphatic carbocycles. The van der Waals surface area contributed by atoms with Gasteiger partial charge in [-0.2, -0.15) is 4.98 Å². The largest absolute Gasteiger partial charge is 0.339 e. The number of fused-ring (bicyclic) bond motifs is 6. The highest BCUT2D eigenvalue weighted by molar-refractivity contribution is 6.32. The van der Waals surface area contributed by atoms with Gasteiger partial charge in [0.2, 0.25) is 11.9 Å². The minimum Gasteiger partial charge on any atom is -0.339 e. The topological polar surface area (TPSA) is 137 Å². The Bertz CT molecular complexity index is 1530. The van der Waals surface area contributed by atoms with Crippen LogP contribution in [0.15, 0.2) is 67.4 Å². The molecule has 0 atom stereocenters. The summed E-state index contributed by atoms with van der Waals surface area (Å²) in [7, 11) is 0. The Labute approximate surface area is 242 Å². The molecule has 3 aromatic heterocycles. The molecule has 4 N–H and O–H groups in total. The molecule has 2 aliphatic rings. The summed E-state index contributed by atoms with van der Waals surface area (Å²) >= 11 is 6.25. The second-order valence-corrected chi connectivity index (χ2v) is 10.0. The van der Waals surface area contributed by atoms with Crippen LogP contribution in [-0.4, -0.2) is 49.9 Å². The SMILES string of the molecule is CC(=O)Nc1ccc2cc1CCc1cncc(c1)Nc1ncc(Cl)c(n1)N2.O=C(Nc1cccnc1)N1CCCC1. The minimum atomic E-state index is -0.105. The highest BCUT2D eigenvalue weighted by Gasteiger charge is 2.17. The van der Waals surface area contributed by atoms with Gasteiger partial charge in [-0.3, -0.25) is 14.8 Å². The normalized spacial score (nSPS) is 13.6. The Balaban J connectivity index is 0.000000202. The van der Waals surface area contributed by atoms with Crippen molar-refractivity contribution in [3.63, 3.8) is 0 Å². The standard InChI is InChI=1S/C19H17ClN6O.C10H13N3O/c1-11(27)23-17-5-4-14-7-13(17)3-2-12-6-15(9-21-8-12)25-19-22-10-16(20)18(24-14)26-19;14-10(13-6-1-2-7-13)12-9-4-3-5-11-8-9/h4-10H,2-3H2,1H3,(H,23,27)(H2,22,24,25,26);3-5,8H,1-2,6-7H2,(H,12,14). The zero-order valence-electron chi connectivity index (χ0n) is 22.5. The maximum atomic E-state index is 11.6. The maximum Gasteiger partial charge on any atom is 0.321 e. The van der Waals surface area contributed by atoms with Crippen LogP contribution < -0.4 is 21.3 Å². The van der Waals surface area contributed by atoms with Gasteiger partial charge in [-0.05, 0) is 73.2 Å². The van der Waals surface area contributed by atoms with Crippen LogP contribution in [-0.2, 0) is 17.6 Å². The van der Waals surface area contributed by atoms with Gasteiger partial charge in [0.15, 0.2) is 5.82 Å². The van der Waals surface area contributed by atoms with Crippen molar-refractivity contribution in [3.05, 3.63) is 83.5 Å². The average molecular weight is 572 g/mol. The lowest BCUT2D eigenvalue weighted by molar-refractivity contribution is -0.114. The number of nitrogens with zero attached hydrogens (tertiary/aromatic N) is 5. The van der Waals surface area contributed by atoms with Crippen LogP contribution in [0, 0.1) is 0 Å². The lowest BCUT2D eigenvalue weighted by atomic mass is 10.0. The molecule has 3 amide bonds. The number of hydrogen-bond acceptors (Lipinski definition) is 8. The molecule has 12 heteroatoms. The van der Waals surface area contributed by atoms with Gasteiger partial charge in [-0.25, -0.2) is 9.78 Å². The highest BCUT2D eigenvalue weighted by atomic mass is 35.5. The van der Waals surface area contributed by atoms with Crippen molar-refractivity contribution < 1.29 is 9.59 Å². The summed E-state index contributed by atoms with van der Waals surface area (Å²) in [5, 5.41) is 12.5. The monoisotopic (exact) mass is 571 g/mol. The van der Waals surface area contributed by atoms with E-state index < -0.39 is 0 Å². The predicted molar refractivity (Wildman–Crippen MR) is 160 cm³/mol. The molecule has 6 rings (SSSR count). The maximum absolute atomic E-state index is 11.6. The van der Waals surface area contributed by atoms with Gasteiger partial charge in [-0.1, -0.05) is 11.6 Å². The summed E-state index contributed by atoms with van der Waals surface area (Å²) in [5.74, 6) is 0.817. The Morgan fingerprint density at radius 1 is 0.927 bits per heavy atom. The number of aryl methyl sites for hydroxylation is 2. The summed E-state index contributed by atoms with van der Waals surface area (Å²) < 4.78 is 0. The summed E-state index contributed by atoms with van der Waals surface area (Å²) in [6.45, 7) is 3.23. The van der Waals surface area contributed by atoms with Crippen LogP contribution in [0.3, 0.4) is 0 Å². The molecule has 11 nitrogen and oxygen atoms in total. The molecule has 4 aromatic rings. The van der Waals surface area contributed by atoms with E-state index in [9.17, 15) is 9.59 Å². The molecular weight excluding hydrogens is 542 g/mol. The van der Waals surface area contributed by atoms with E-state index in [4.69, 9.17) is 11.6 Å². The molecule has 41 heavy (non-hydrogen) atoms. The molecule has 0 unspecified atom stereocenters. The van der Waals surface area contributed by atoms with Crippen LogP contribution in [0.5, 0.6) is 0 Å². The molecule has 6 bridgehead atoms. The molecule has 0 saturated carbocycles. The van der Waals surface area contributed by atoms with E-state index in [0.717, 1.165) is 72.6 Å². The smallest absolute Gasteiger partial charge is 0.321 e. The Morgan fingerprint density at radius 3 is 2.56 bits per heavy atom. The summed E-state index contributed by atoms with van der Waals surface area (Å²) in [4.78, 5) is 41.9. The van der Waals surface area contributed by atoms with Gasteiger partial charge in [-0.15, -0.1) is 0 Å². The zero-order chi connectivity index (χ0) is 28.6. The number of benzene rings is 1. The number of carbonyl (C=O) groups is 2. The molecule has 0 spiro atoms. The summed E-state index contributed by atoms with van der Waals surface area (Å²) in [6.07, 6.45) is 12.2. The minimum absolute atomic E-state index is 0.0181. The van der Waals surface area contributed by atoms with Crippen LogP contribution in [0.25, 0.3) is 0 Å². The number of likely N-dealkylation sites (tertiary alicyclic amines) is 1. The first-order valence-electron chi connectivity index (χ1n) is 13.3. The van der Waals surface area contributed by atoms with E-state index in [1.807, 2.05) is 41.4 Å². The third kappa shape index (κ3) is 7.67. The molecule has 1 fully saturated rings. The number of rotatable bonds is 2. The fraction of sp³-hybridized carbons (Fsp3) is 0.241. The van der Waals surface area contributed by atoms with Gasteiger partial charge in [0.1, 0.15) is 5.02 Å². The van der Waals surface area contributed by atoms with Crippen molar-refractivity contribution in [2.75, 3.05) is 34.4 Å². The number of amides is 3. The van der Waals surface area contributed by atoms with Crippen molar-refractivity contribution >= 4 is 58.1 Å². The van der Waals surface area contributed by atoms with Crippen LogP contribution in [0.1, 0.15) is 30.9 Å². The predicted octanol–water partition coefficient (Wildman–Crippen LogP) is 5.78. The Kier molecular flexibility index (Phi) is 8.85. The lowest BCUT2D eigenvalue weighted by Crippen LogP contribution is -2.32. The number of halogens is 1. The van der Waals surface area contributed by atoms with Crippen molar-refractivity contribution in [1.82, 2.24) is 24.8 Å². The number of hydrogen-bond donors (Lipinski definition) is 4. The van der Waals surface area contributed by atoms with E-state index in [2.05, 4.69) is 41.2 Å². The number of carbonyl (C=O) groups excluding carboxylic acids is 2. The van der Waals surface area contributed by atoms with Gasteiger partial charge in [0, 0.05) is 43.8 Å². The molecule has 5 heterocycles. The van der Waals surface area contributed by atoms with Crippen LogP contribution in [0.4, 0.5) is 39.3 Å². The van der Waals surface area contributed by atoms with Crippen molar-refractivity contribution in [3.8, 4) is 0 Å². The summed E-state index contributed by atoms with van der Waals surface area (Å²) in [6, 6.07) is 11.4. The third-order valence-electron chi connectivity index (χ3n) is 6.46. The molecule has 1 saturated heterocycles. The zero-order valence-corrected chi connectivity index (χ0v) is 23.3. The lowest BCUT2D eigenvalue weighted by Gasteiger charge is -2.15. The summed E-state index contributed by atoms with van der Waals surface area (Å²) in [5.41, 5.74) is 5.26. The number of urea groups is 1. The van der Waals surface area contributed by atoms with E-state index in [1.165, 1.54) is 6.92 Å². The van der Waals surface area contributed by atoms with Crippen molar-refractivity contribution in [2.45, 2.75) is 32.6 Å². The quantitative estimate of drug-likeness (QED) is 0.238. The first-order valence-corrected chi connectivity index (χ1v) is 13.7. The van der Waals surface area contributed by atoms with Gasteiger partial charge >= 0.3 is 6.03 Å². The van der Waals surface area contributed by atoms with E-state index in [0.29, 0.717) is 16.8 Å². The molecule has 1 aromatic carbocycles. The van der Waals surface area contributed by atoms with Crippen LogP contribution in [0.2, 0.25) is 5.02 Å². The van der Waals surface area contributed by atoms with Crippen molar-refractivity contribution in [2.24, 2.45) is 0 Å². The number of anilines is 6. The van der Waals surface area contributed by atoms with Gasteiger partial charge < -0.3 is 26.2 Å². The fourth-order valence-electron chi connectivity index (χ4n) is 4.50. The fourth-order valence-corrected chi connectivity index (χ4v) is 4.64. The Morgan fingerprint density at radius 2 is 1.78 bits per heavy atom. The first kappa shape index (κ1) is 27.8. The highest BCUT2D eigenvalue weighted by Crippen LogP contribution is 2.29. The van der Waals surface area contributed by atoms with E-state index in [-0.39, 0.29) is 11.9 Å². The van der Waals surface area contributed by atoms with E-state index in [1.54, 1.807) is 30.9 Å². The van der Waals surface area contributed by atoms with Gasteiger partial charge in [0.25, 0.3) is 0 Å². The molecule has 210 valence electrons. The third-order valence-corrected chi connectivity index (χ3v) is 6.74. The first-order chi connectivity index (χ1) is 19.9. The number of aromatic nitrogens is 4. The molecular formula is C29H30ClN9O2. The second kappa shape index (κ2) is 13.1. The molecule has 0 radical (unpaired) electrons. The van der Waals surface area contributed by atoms with E-state index >= 15 is 0 Å². The number of pyridine rings is 2. The van der Waals surface area contributed by atoms with Crippen molar-refractivity contribution in [1.29, 1.82) is 0 Å². The van der Waals surface area contributed by atoms with Gasteiger partial charge in [0.05, 0.1) is 30.0 Å². The van der Waals surface area contributed by atoms with Crippen LogP contribution >= 0.6 is 11.6 Å². The average Bonchev–Trinajstić information content (AvgIpc) is 3.51. The second-order valence-electron chi connectivity index (χ2n) is 9.64. The molecule has 2 aliphatic heterocycles.